The van der Waals surface area contributed by atoms with Crippen LogP contribution in [-0.2, 0) is 20.9 Å². The maximum absolute atomic E-state index is 12.7. The van der Waals surface area contributed by atoms with Crippen molar-refractivity contribution in [1.29, 1.82) is 0 Å². The van der Waals surface area contributed by atoms with Crippen LogP contribution in [0.3, 0.4) is 0 Å². The van der Waals surface area contributed by atoms with E-state index in [2.05, 4.69) is 5.32 Å². The molecule has 1 aromatic carbocycles. The number of nitrogens with zero attached hydrogens (tertiary/aromatic N) is 2. The van der Waals surface area contributed by atoms with Crippen LogP contribution < -0.4 is 11.1 Å². The van der Waals surface area contributed by atoms with Gasteiger partial charge in [-0.2, -0.15) is 0 Å². The van der Waals surface area contributed by atoms with Crippen molar-refractivity contribution in [2.45, 2.75) is 25.0 Å². The molecule has 4 rings (SSSR count). The van der Waals surface area contributed by atoms with Crippen molar-refractivity contribution < 1.29 is 29.0 Å². The molecule has 0 bridgehead atoms. The van der Waals surface area contributed by atoms with Crippen molar-refractivity contribution in [3.63, 3.8) is 0 Å². The number of primary amides is 1. The molecule has 4 N–H and O–H groups in total. The molecule has 11 heteroatoms. The average molecular weight is 424 g/mol. The fourth-order valence-corrected chi connectivity index (χ4v) is 4.41. The van der Waals surface area contributed by atoms with Crippen LogP contribution in [0.15, 0.2) is 41.6 Å². The molecule has 1 aromatic rings. The van der Waals surface area contributed by atoms with Crippen LogP contribution in [0.1, 0.15) is 12.0 Å². The Hall–Kier alpha value is -2.56. The summed E-state index contributed by atoms with van der Waals surface area (Å²) in [5.41, 5.74) is 6.05. The molecular weight excluding hydrogens is 403 g/mol. The summed E-state index contributed by atoms with van der Waals surface area (Å²) in [5, 5.41) is 12.4. The topological polar surface area (TPSA) is 142 Å². The van der Waals surface area contributed by atoms with Gasteiger partial charge in [0.25, 0.3) is 5.91 Å². The molecule has 3 aliphatic heterocycles. The summed E-state index contributed by atoms with van der Waals surface area (Å²) in [6.07, 6.45) is -0.715. The first-order chi connectivity index (χ1) is 13.9. The molecule has 2 saturated heterocycles. The van der Waals surface area contributed by atoms with Gasteiger partial charge in [-0.15, -0.1) is 0 Å². The Bertz CT molecular complexity index is 921. The minimum absolute atomic E-state index is 0. The summed E-state index contributed by atoms with van der Waals surface area (Å²) in [7, 11) is 0. The number of hydrogen-bond donors (Lipinski definition) is 3. The first-order valence-corrected chi connectivity index (χ1v) is 9.17. The van der Waals surface area contributed by atoms with Gasteiger partial charge in [0.15, 0.2) is 0 Å². The van der Waals surface area contributed by atoms with E-state index in [-0.39, 0.29) is 59.9 Å². The summed E-state index contributed by atoms with van der Waals surface area (Å²) >= 11 is 0. The number of β-lactam (4-membered cyclic amide) rings is 1. The van der Waals surface area contributed by atoms with Gasteiger partial charge in [-0.3, -0.25) is 9.69 Å². The molecule has 0 radical (unpaired) electrons. The molecule has 10 nitrogen and oxygen atoms in total. The number of amides is 4. The van der Waals surface area contributed by atoms with Crippen LogP contribution in [0, 0.1) is 5.92 Å². The van der Waals surface area contributed by atoms with E-state index in [0.717, 1.165) is 5.56 Å². The molecule has 4 amide bonds. The average Bonchev–Trinajstić information content (AvgIpc) is 3.06. The number of benzene rings is 1. The molecule has 0 aliphatic carbocycles. The van der Waals surface area contributed by atoms with E-state index in [9.17, 15) is 24.3 Å². The zero-order valence-corrected chi connectivity index (χ0v) is 15.4. The summed E-state index contributed by atoms with van der Waals surface area (Å²) in [6.45, 7) is 0.340. The third kappa shape index (κ3) is 3.78. The Kier molecular flexibility index (Phi) is 6.39. The number of carboxylic acids is 1. The number of carbonyl (C=O) groups is 4. The molecule has 154 valence electrons. The number of rotatable bonds is 5. The van der Waals surface area contributed by atoms with Gasteiger partial charge in [-0.25, -0.2) is 14.4 Å². The van der Waals surface area contributed by atoms with Crippen molar-refractivity contribution >= 4 is 53.6 Å². The van der Waals surface area contributed by atoms with Crippen LogP contribution in [0.2, 0.25) is 0 Å². The summed E-state index contributed by atoms with van der Waals surface area (Å²) < 4.78 is 4.76. The van der Waals surface area contributed by atoms with E-state index < -0.39 is 24.0 Å². The molecule has 0 spiro atoms. The third-order valence-corrected chi connectivity index (χ3v) is 5.59. The van der Waals surface area contributed by atoms with Crippen LogP contribution in [0.25, 0.3) is 0 Å². The predicted octanol–water partition coefficient (Wildman–Crippen LogP) is -0.403. The standard InChI is InChI=1S/C19H20N4O6.Na.H/c20-18(27)29-9-12-6-11-8-22(19(28)21-7-10-4-2-1-3-5-10)15-13(11)23(16(15)24)14(12)17(25)26;;/h1-5,11,13,15H,6-9H2,(H2,20,27)(H,21,28)(H,25,26);;/t11-,13-,15+;;/m1../s1. The van der Waals surface area contributed by atoms with E-state index in [1.54, 1.807) is 0 Å². The van der Waals surface area contributed by atoms with Gasteiger partial charge in [0, 0.05) is 19.0 Å². The summed E-state index contributed by atoms with van der Waals surface area (Å²) in [5.74, 6) is -1.85. The summed E-state index contributed by atoms with van der Waals surface area (Å²) in [6, 6.07) is 7.96. The molecule has 3 heterocycles. The maximum atomic E-state index is 12.7. The molecule has 0 unspecified atom stereocenters. The number of carboxylic acid groups (broad SMARTS) is 1. The molecule has 2 fully saturated rings. The Morgan fingerprint density at radius 2 is 1.93 bits per heavy atom. The van der Waals surface area contributed by atoms with Gasteiger partial charge in [-0.1, -0.05) is 30.3 Å². The zero-order valence-electron chi connectivity index (χ0n) is 15.4. The third-order valence-electron chi connectivity index (χ3n) is 5.59. The van der Waals surface area contributed by atoms with Crippen molar-refractivity contribution in [2.75, 3.05) is 13.2 Å². The monoisotopic (exact) mass is 424 g/mol. The Labute approximate surface area is 194 Å². The van der Waals surface area contributed by atoms with Crippen LogP contribution in [-0.4, -0.2) is 93.7 Å². The van der Waals surface area contributed by atoms with Crippen LogP contribution >= 0.6 is 0 Å². The van der Waals surface area contributed by atoms with Crippen LogP contribution in [0.4, 0.5) is 9.59 Å². The zero-order chi connectivity index (χ0) is 20.7. The summed E-state index contributed by atoms with van der Waals surface area (Å²) in [4.78, 5) is 50.7. The van der Waals surface area contributed by atoms with Gasteiger partial charge in [0.2, 0.25) is 0 Å². The number of nitrogens with two attached hydrogens (primary N) is 1. The van der Waals surface area contributed by atoms with Gasteiger partial charge in [0.1, 0.15) is 18.3 Å². The Morgan fingerprint density at radius 3 is 2.57 bits per heavy atom. The Morgan fingerprint density at radius 1 is 1.23 bits per heavy atom. The van der Waals surface area contributed by atoms with Crippen molar-refractivity contribution in [3.8, 4) is 0 Å². The van der Waals surface area contributed by atoms with Crippen molar-refractivity contribution in [1.82, 2.24) is 15.1 Å². The number of urea groups is 1. The second kappa shape index (κ2) is 8.66. The van der Waals surface area contributed by atoms with E-state index in [1.807, 2.05) is 30.3 Å². The molecule has 3 aliphatic rings. The molecular formula is C19H21N4NaO6. The van der Waals surface area contributed by atoms with E-state index >= 15 is 0 Å². The van der Waals surface area contributed by atoms with E-state index in [0.29, 0.717) is 25.1 Å². The first kappa shape index (κ1) is 22.1. The van der Waals surface area contributed by atoms with Crippen molar-refractivity contribution in [2.24, 2.45) is 11.7 Å². The van der Waals surface area contributed by atoms with Gasteiger partial charge in [-0.05, 0) is 17.6 Å². The second-order valence-corrected chi connectivity index (χ2v) is 7.27. The SMILES string of the molecule is NC(=O)OCC1=C(C(=O)O)N2C(=O)[C@@H]3[C@H]2[C@H](C1)CN3C(=O)NCc1ccccc1.[NaH]. The molecule has 30 heavy (non-hydrogen) atoms. The van der Waals surface area contributed by atoms with Crippen molar-refractivity contribution in [3.05, 3.63) is 47.2 Å². The van der Waals surface area contributed by atoms with Crippen LogP contribution in [0.5, 0.6) is 0 Å². The second-order valence-electron chi connectivity index (χ2n) is 7.27. The first-order valence-electron chi connectivity index (χ1n) is 9.17. The molecule has 3 atom stereocenters. The Balaban J connectivity index is 0.00000256. The number of nitrogens with one attached hydrogen (secondary N) is 1. The molecule has 0 aromatic heterocycles. The van der Waals surface area contributed by atoms with Gasteiger partial charge in [0.05, 0.1) is 6.04 Å². The number of carbonyl (C=O) groups excluding carboxylic acids is 3. The van der Waals surface area contributed by atoms with Gasteiger partial charge < -0.3 is 25.8 Å². The number of aliphatic carboxylic acids is 1. The minimum atomic E-state index is -1.27. The normalized spacial score (nSPS) is 23.9. The fraction of sp³-hybridized carbons (Fsp3) is 0.368. The quantitative estimate of drug-likeness (QED) is 0.434. The van der Waals surface area contributed by atoms with E-state index in [1.165, 1.54) is 9.80 Å². The molecule has 0 saturated carbocycles. The van der Waals surface area contributed by atoms with E-state index in [4.69, 9.17) is 10.5 Å². The van der Waals surface area contributed by atoms with Gasteiger partial charge >= 0.3 is 47.7 Å². The fourth-order valence-electron chi connectivity index (χ4n) is 4.41. The number of likely N-dealkylation sites (tertiary alicyclic amines) is 1. The predicted molar refractivity (Wildman–Crippen MR) is 105 cm³/mol. The number of hydrogen-bond acceptors (Lipinski definition) is 5. The number of ether oxygens (including phenoxy) is 1.